The van der Waals surface area contributed by atoms with Gasteiger partial charge in [0, 0.05) is 12.2 Å². The van der Waals surface area contributed by atoms with Crippen LogP contribution in [-0.2, 0) is 19.1 Å². The van der Waals surface area contributed by atoms with Gasteiger partial charge < -0.3 is 10.5 Å². The number of hydrogen-bond acceptors (Lipinski definition) is 4. The molecule has 0 radical (unpaired) electrons. The maximum atomic E-state index is 11.5. The van der Waals surface area contributed by atoms with Gasteiger partial charge in [0.05, 0.1) is 24.2 Å². The first-order valence-corrected chi connectivity index (χ1v) is 6.03. The molecule has 1 rings (SSSR count). The molecule has 0 aromatic heterocycles. The quantitative estimate of drug-likeness (QED) is 0.698. The minimum atomic E-state index is -0.797. The Balaban J connectivity index is 2.60. The molecule has 1 aliphatic heterocycles. The summed E-state index contributed by atoms with van der Waals surface area (Å²) in [6.07, 6.45) is 2.46. The maximum Gasteiger partial charge on any atom is 0.253 e. The van der Waals surface area contributed by atoms with Crippen LogP contribution in [0.4, 0.5) is 0 Å². The third-order valence-electron chi connectivity index (χ3n) is 2.93. The number of ether oxygens (including phenoxy) is 1. The average molecular weight is 268 g/mol. The first-order chi connectivity index (χ1) is 8.55. The molecule has 0 atom stereocenters. The van der Waals surface area contributed by atoms with Crippen molar-refractivity contribution >= 4 is 17.7 Å². The Morgan fingerprint density at radius 1 is 1.21 bits per heavy atom. The van der Waals surface area contributed by atoms with E-state index in [2.05, 4.69) is 0 Å². The summed E-state index contributed by atoms with van der Waals surface area (Å²) in [5, 5.41) is 0. The van der Waals surface area contributed by atoms with E-state index in [-0.39, 0.29) is 25.0 Å². The van der Waals surface area contributed by atoms with Crippen LogP contribution in [0.25, 0.3) is 0 Å². The van der Waals surface area contributed by atoms with Crippen molar-refractivity contribution in [1.82, 2.24) is 4.90 Å². The zero-order valence-corrected chi connectivity index (χ0v) is 11.7. The van der Waals surface area contributed by atoms with Crippen LogP contribution in [0.15, 0.2) is 12.2 Å². The van der Waals surface area contributed by atoms with Gasteiger partial charge in [-0.1, -0.05) is 0 Å². The van der Waals surface area contributed by atoms with Gasteiger partial charge in [-0.15, -0.1) is 0 Å². The zero-order valence-electron chi connectivity index (χ0n) is 11.7. The highest BCUT2D eigenvalue weighted by Gasteiger charge is 2.34. The first kappa shape index (κ1) is 15.4. The zero-order chi connectivity index (χ0) is 14.8. The van der Waals surface area contributed by atoms with Gasteiger partial charge in [0.2, 0.25) is 5.91 Å². The molecule has 19 heavy (non-hydrogen) atoms. The van der Waals surface area contributed by atoms with Crippen LogP contribution in [0.2, 0.25) is 0 Å². The van der Waals surface area contributed by atoms with Gasteiger partial charge in [0.1, 0.15) is 0 Å². The van der Waals surface area contributed by atoms with Crippen molar-refractivity contribution in [3.8, 4) is 0 Å². The normalized spacial score (nSPS) is 16.3. The third-order valence-corrected chi connectivity index (χ3v) is 2.93. The van der Waals surface area contributed by atoms with Crippen LogP contribution < -0.4 is 5.73 Å². The topological polar surface area (TPSA) is 89.7 Å². The van der Waals surface area contributed by atoms with Crippen LogP contribution in [0.5, 0.6) is 0 Å². The van der Waals surface area contributed by atoms with E-state index in [0.717, 1.165) is 4.90 Å². The number of nitrogens with zero attached hydrogens (tertiary/aromatic N) is 1. The van der Waals surface area contributed by atoms with Crippen LogP contribution in [0, 0.1) is 5.41 Å². The number of rotatable bonds is 6. The number of hydrogen-bond donors (Lipinski definition) is 1. The van der Waals surface area contributed by atoms with Crippen molar-refractivity contribution in [2.24, 2.45) is 11.1 Å². The van der Waals surface area contributed by atoms with Crippen LogP contribution in [0.3, 0.4) is 0 Å². The molecular formula is C13H20N2O4. The lowest BCUT2D eigenvalue weighted by Crippen LogP contribution is -2.46. The fourth-order valence-corrected chi connectivity index (χ4v) is 1.46. The minimum absolute atomic E-state index is 0.124. The van der Waals surface area contributed by atoms with E-state index in [0.29, 0.717) is 0 Å². The molecule has 0 saturated heterocycles. The molecule has 0 saturated carbocycles. The molecule has 0 spiro atoms. The van der Waals surface area contributed by atoms with Crippen molar-refractivity contribution in [3.05, 3.63) is 12.2 Å². The summed E-state index contributed by atoms with van der Waals surface area (Å²) in [7, 11) is 0. The Bertz CT molecular complexity index is 420. The molecule has 0 fully saturated rings. The van der Waals surface area contributed by atoms with Crippen molar-refractivity contribution in [1.29, 1.82) is 0 Å². The molecular weight excluding hydrogens is 248 g/mol. The second-order valence-corrected chi connectivity index (χ2v) is 5.89. The molecule has 0 aromatic carbocycles. The number of nitrogens with two attached hydrogens (primary N) is 1. The van der Waals surface area contributed by atoms with E-state index in [1.54, 1.807) is 27.7 Å². The standard InChI is InChI=1S/C13H20N2O4/c1-12(2,11(14)18)8-19-13(3,4)7-15-9(16)5-6-10(15)17/h5-6H,7-8H2,1-4H3,(H2,14,18). The van der Waals surface area contributed by atoms with E-state index >= 15 is 0 Å². The van der Waals surface area contributed by atoms with Gasteiger partial charge in [-0.2, -0.15) is 0 Å². The molecule has 1 heterocycles. The van der Waals surface area contributed by atoms with Crippen molar-refractivity contribution in [2.75, 3.05) is 13.2 Å². The van der Waals surface area contributed by atoms with Gasteiger partial charge in [0.15, 0.2) is 0 Å². The van der Waals surface area contributed by atoms with Gasteiger partial charge in [0.25, 0.3) is 11.8 Å². The second-order valence-electron chi connectivity index (χ2n) is 5.89. The molecule has 6 nitrogen and oxygen atoms in total. The highest BCUT2D eigenvalue weighted by Crippen LogP contribution is 2.21. The molecule has 0 bridgehead atoms. The number of imide groups is 1. The largest absolute Gasteiger partial charge is 0.373 e. The number of carbonyl (C=O) groups excluding carboxylic acids is 3. The van der Waals surface area contributed by atoms with E-state index in [1.807, 2.05) is 0 Å². The average Bonchev–Trinajstić information content (AvgIpc) is 2.58. The summed E-state index contributed by atoms with van der Waals surface area (Å²) in [5.41, 5.74) is 3.72. The molecule has 106 valence electrons. The molecule has 2 N–H and O–H groups in total. The Kier molecular flexibility index (Phi) is 4.15. The maximum absolute atomic E-state index is 11.5. The molecule has 0 aliphatic carbocycles. The van der Waals surface area contributed by atoms with E-state index in [1.165, 1.54) is 12.2 Å². The summed E-state index contributed by atoms with van der Waals surface area (Å²) in [4.78, 5) is 35.2. The van der Waals surface area contributed by atoms with Gasteiger partial charge in [-0.25, -0.2) is 0 Å². The number of carbonyl (C=O) groups is 3. The lowest BCUT2D eigenvalue weighted by molar-refractivity contribution is -0.146. The van der Waals surface area contributed by atoms with E-state index < -0.39 is 16.9 Å². The van der Waals surface area contributed by atoms with Crippen LogP contribution in [-0.4, -0.2) is 41.4 Å². The van der Waals surface area contributed by atoms with Crippen LogP contribution >= 0.6 is 0 Å². The Hall–Kier alpha value is -1.69. The van der Waals surface area contributed by atoms with E-state index in [9.17, 15) is 14.4 Å². The molecule has 3 amide bonds. The molecule has 0 unspecified atom stereocenters. The Morgan fingerprint density at radius 2 is 1.68 bits per heavy atom. The summed E-state index contributed by atoms with van der Waals surface area (Å²) in [6.45, 7) is 7.12. The minimum Gasteiger partial charge on any atom is -0.373 e. The second kappa shape index (κ2) is 5.13. The van der Waals surface area contributed by atoms with Crippen LogP contribution in [0.1, 0.15) is 27.7 Å². The predicted molar refractivity (Wildman–Crippen MR) is 68.9 cm³/mol. The van der Waals surface area contributed by atoms with Gasteiger partial charge in [-0.05, 0) is 27.7 Å². The molecule has 0 aromatic rings. The summed E-state index contributed by atoms with van der Waals surface area (Å²) in [6, 6.07) is 0. The smallest absolute Gasteiger partial charge is 0.253 e. The van der Waals surface area contributed by atoms with Crippen molar-refractivity contribution in [3.63, 3.8) is 0 Å². The summed E-state index contributed by atoms with van der Waals surface area (Å²) < 4.78 is 5.64. The van der Waals surface area contributed by atoms with Gasteiger partial charge >= 0.3 is 0 Å². The molecule has 6 heteroatoms. The predicted octanol–water partition coefficient (Wildman–Crippen LogP) is 0.218. The Labute approximate surface area is 112 Å². The first-order valence-electron chi connectivity index (χ1n) is 6.03. The number of primary amides is 1. The van der Waals surface area contributed by atoms with Crippen molar-refractivity contribution < 1.29 is 19.1 Å². The highest BCUT2D eigenvalue weighted by molar-refractivity contribution is 6.12. The SMILES string of the molecule is CC(C)(CN1C(=O)C=CC1=O)OCC(C)(C)C(N)=O. The van der Waals surface area contributed by atoms with E-state index in [4.69, 9.17) is 10.5 Å². The fraction of sp³-hybridized carbons (Fsp3) is 0.615. The lowest BCUT2D eigenvalue weighted by Gasteiger charge is -2.32. The summed E-state index contributed by atoms with van der Waals surface area (Å²) in [5.74, 6) is -1.16. The monoisotopic (exact) mass is 268 g/mol. The molecule has 1 aliphatic rings. The van der Waals surface area contributed by atoms with Gasteiger partial charge in [-0.3, -0.25) is 19.3 Å². The third kappa shape index (κ3) is 3.89. The summed E-state index contributed by atoms with van der Waals surface area (Å²) >= 11 is 0. The Morgan fingerprint density at radius 3 is 2.11 bits per heavy atom. The lowest BCUT2D eigenvalue weighted by atomic mass is 9.93. The van der Waals surface area contributed by atoms with Crippen molar-refractivity contribution in [2.45, 2.75) is 33.3 Å². The number of amides is 3. The highest BCUT2D eigenvalue weighted by atomic mass is 16.5. The fourth-order valence-electron chi connectivity index (χ4n) is 1.46.